The highest BCUT2D eigenvalue weighted by Crippen LogP contribution is 2.29. The van der Waals surface area contributed by atoms with E-state index < -0.39 is 29.4 Å². The molecule has 2 aliphatic rings. The van der Waals surface area contributed by atoms with E-state index in [-0.39, 0.29) is 12.6 Å². The molecule has 1 aromatic carbocycles. The quantitative estimate of drug-likeness (QED) is 0.849. The van der Waals surface area contributed by atoms with E-state index >= 15 is 0 Å². The van der Waals surface area contributed by atoms with Crippen LogP contribution >= 0.6 is 0 Å². The second kappa shape index (κ2) is 6.10. The third-order valence-electron chi connectivity index (χ3n) is 4.31. The number of morpholine rings is 1. The molecule has 6 nitrogen and oxygen atoms in total. The largest absolute Gasteiger partial charge is 0.465 e. The van der Waals surface area contributed by atoms with Crippen LogP contribution in [-0.2, 0) is 4.74 Å². The van der Waals surface area contributed by atoms with Gasteiger partial charge in [-0.1, -0.05) is 0 Å². The molecule has 0 bridgehead atoms. The van der Waals surface area contributed by atoms with Crippen LogP contribution in [0, 0.1) is 23.0 Å². The Labute approximate surface area is 131 Å². The first-order valence-corrected chi connectivity index (χ1v) is 7.22. The first-order valence-electron chi connectivity index (χ1n) is 7.22. The summed E-state index contributed by atoms with van der Waals surface area (Å²) >= 11 is 0. The third kappa shape index (κ3) is 2.98. The van der Waals surface area contributed by atoms with E-state index in [9.17, 15) is 13.6 Å². The van der Waals surface area contributed by atoms with Gasteiger partial charge in [-0.3, -0.25) is 4.90 Å². The van der Waals surface area contributed by atoms with Crippen molar-refractivity contribution in [1.29, 1.82) is 5.26 Å². The molecule has 2 atom stereocenters. The summed E-state index contributed by atoms with van der Waals surface area (Å²) in [6.45, 7) is 2.03. The lowest BCUT2D eigenvalue weighted by Crippen LogP contribution is -2.59. The second-order valence-electron chi connectivity index (χ2n) is 5.67. The molecule has 1 N–H and O–H groups in total. The van der Waals surface area contributed by atoms with E-state index in [1.807, 2.05) is 0 Å². The molecule has 2 saturated heterocycles. The molecule has 2 aliphatic heterocycles. The van der Waals surface area contributed by atoms with Gasteiger partial charge in [0.25, 0.3) is 0 Å². The number of hydrogen-bond donors (Lipinski definition) is 1. The van der Waals surface area contributed by atoms with E-state index in [4.69, 9.17) is 15.1 Å². The van der Waals surface area contributed by atoms with Gasteiger partial charge in [0.05, 0.1) is 18.8 Å². The van der Waals surface area contributed by atoms with Gasteiger partial charge in [-0.05, 0) is 17.7 Å². The number of nitriles is 1. The normalized spacial score (nSPS) is 24.8. The molecule has 1 aromatic rings. The monoisotopic (exact) mass is 323 g/mol. The lowest BCUT2D eigenvalue weighted by Gasteiger charge is -2.45. The average Bonchev–Trinajstić information content (AvgIpc) is 2.53. The summed E-state index contributed by atoms with van der Waals surface area (Å²) in [5.74, 6) is -1.80. The SMILES string of the molecule is N#Cc1c(F)cc([C@@H]2CN3CCN(C(=O)O)C[C@H]3CO2)cc1F. The maximum atomic E-state index is 13.7. The third-order valence-corrected chi connectivity index (χ3v) is 4.31. The van der Waals surface area contributed by atoms with Crippen molar-refractivity contribution < 1.29 is 23.4 Å². The molecule has 3 rings (SSSR count). The second-order valence-corrected chi connectivity index (χ2v) is 5.67. The number of fused-ring (bicyclic) bond motifs is 1. The van der Waals surface area contributed by atoms with Crippen molar-refractivity contribution in [2.24, 2.45) is 0 Å². The number of piperazine rings is 1. The first kappa shape index (κ1) is 15.6. The van der Waals surface area contributed by atoms with Gasteiger partial charge in [-0.25, -0.2) is 13.6 Å². The molecule has 0 saturated carbocycles. The molecule has 0 spiro atoms. The van der Waals surface area contributed by atoms with Crippen molar-refractivity contribution in [3.8, 4) is 6.07 Å². The fourth-order valence-corrected chi connectivity index (χ4v) is 3.05. The van der Waals surface area contributed by atoms with E-state index in [2.05, 4.69) is 4.90 Å². The summed E-state index contributed by atoms with van der Waals surface area (Å²) in [6, 6.07) is 3.69. The zero-order valence-electron chi connectivity index (χ0n) is 12.2. The van der Waals surface area contributed by atoms with Crippen molar-refractivity contribution in [3.05, 3.63) is 34.9 Å². The number of ether oxygens (including phenoxy) is 1. The average molecular weight is 323 g/mol. The van der Waals surface area contributed by atoms with Crippen molar-refractivity contribution >= 4 is 6.09 Å². The molecule has 8 heteroatoms. The Morgan fingerprint density at radius 3 is 2.61 bits per heavy atom. The van der Waals surface area contributed by atoms with Gasteiger partial charge in [-0.15, -0.1) is 0 Å². The van der Waals surface area contributed by atoms with E-state index in [0.29, 0.717) is 31.7 Å². The fourth-order valence-electron chi connectivity index (χ4n) is 3.05. The zero-order chi connectivity index (χ0) is 16.6. The van der Waals surface area contributed by atoms with Gasteiger partial charge in [0, 0.05) is 26.2 Å². The number of benzene rings is 1. The maximum Gasteiger partial charge on any atom is 0.407 e. The Bertz CT molecular complexity index is 653. The maximum absolute atomic E-state index is 13.7. The van der Waals surface area contributed by atoms with E-state index in [1.54, 1.807) is 0 Å². The van der Waals surface area contributed by atoms with Crippen LogP contribution in [0.3, 0.4) is 0 Å². The van der Waals surface area contributed by atoms with Gasteiger partial charge in [0.15, 0.2) is 0 Å². The van der Waals surface area contributed by atoms with Crippen molar-refractivity contribution in [2.45, 2.75) is 12.1 Å². The van der Waals surface area contributed by atoms with Crippen LogP contribution in [0.25, 0.3) is 0 Å². The molecule has 0 aliphatic carbocycles. The first-order chi connectivity index (χ1) is 11.0. The van der Waals surface area contributed by atoms with Crippen LogP contribution in [0.4, 0.5) is 13.6 Å². The number of carboxylic acid groups (broad SMARTS) is 1. The summed E-state index contributed by atoms with van der Waals surface area (Å²) in [4.78, 5) is 14.4. The number of amides is 1. The highest BCUT2D eigenvalue weighted by molar-refractivity contribution is 5.65. The van der Waals surface area contributed by atoms with Crippen LogP contribution in [0.15, 0.2) is 12.1 Å². The molecule has 1 amide bonds. The Balaban J connectivity index is 1.74. The van der Waals surface area contributed by atoms with E-state index in [0.717, 1.165) is 12.1 Å². The van der Waals surface area contributed by atoms with Crippen LogP contribution in [0.2, 0.25) is 0 Å². The van der Waals surface area contributed by atoms with Crippen LogP contribution in [0.5, 0.6) is 0 Å². The van der Waals surface area contributed by atoms with Crippen LogP contribution in [0.1, 0.15) is 17.2 Å². The van der Waals surface area contributed by atoms with Gasteiger partial charge in [0.2, 0.25) is 0 Å². The number of halogens is 2. The van der Waals surface area contributed by atoms with Crippen molar-refractivity contribution in [2.75, 3.05) is 32.8 Å². The minimum atomic E-state index is -0.956. The Kier molecular flexibility index (Phi) is 4.15. The summed E-state index contributed by atoms with van der Waals surface area (Å²) in [5, 5.41) is 17.7. The van der Waals surface area contributed by atoms with Gasteiger partial charge in [0.1, 0.15) is 23.3 Å². The Hall–Kier alpha value is -2.24. The highest BCUT2D eigenvalue weighted by atomic mass is 19.1. The number of hydrogen-bond acceptors (Lipinski definition) is 4. The minimum Gasteiger partial charge on any atom is -0.465 e. The topological polar surface area (TPSA) is 76.8 Å². The number of nitrogens with zero attached hydrogens (tertiary/aromatic N) is 3. The van der Waals surface area contributed by atoms with Crippen LogP contribution < -0.4 is 0 Å². The molecule has 23 heavy (non-hydrogen) atoms. The Morgan fingerprint density at radius 2 is 2.00 bits per heavy atom. The molecule has 2 heterocycles. The lowest BCUT2D eigenvalue weighted by atomic mass is 10.0. The Morgan fingerprint density at radius 1 is 1.30 bits per heavy atom. The molecule has 2 fully saturated rings. The molecule has 0 radical (unpaired) electrons. The van der Waals surface area contributed by atoms with Gasteiger partial charge < -0.3 is 14.7 Å². The minimum absolute atomic E-state index is 0.0517. The molecule has 122 valence electrons. The van der Waals surface area contributed by atoms with Gasteiger partial charge >= 0.3 is 6.09 Å². The summed E-state index contributed by atoms with van der Waals surface area (Å²) in [5.41, 5.74) is -0.254. The molecule has 0 unspecified atom stereocenters. The van der Waals surface area contributed by atoms with Crippen molar-refractivity contribution in [3.63, 3.8) is 0 Å². The van der Waals surface area contributed by atoms with Gasteiger partial charge in [-0.2, -0.15) is 5.26 Å². The van der Waals surface area contributed by atoms with Crippen molar-refractivity contribution in [1.82, 2.24) is 9.80 Å². The fraction of sp³-hybridized carbons (Fsp3) is 0.467. The molecular weight excluding hydrogens is 308 g/mol. The van der Waals surface area contributed by atoms with Crippen LogP contribution in [-0.4, -0.2) is 59.8 Å². The predicted molar refractivity (Wildman–Crippen MR) is 74.7 cm³/mol. The summed E-state index contributed by atoms with van der Waals surface area (Å²) < 4.78 is 33.1. The smallest absolute Gasteiger partial charge is 0.407 e. The van der Waals surface area contributed by atoms with E-state index in [1.165, 1.54) is 11.0 Å². The predicted octanol–water partition coefficient (Wildman–Crippen LogP) is 1.57. The summed E-state index contributed by atoms with van der Waals surface area (Å²) in [6.07, 6.45) is -1.46. The number of carbonyl (C=O) groups is 1. The highest BCUT2D eigenvalue weighted by Gasteiger charge is 2.35. The lowest BCUT2D eigenvalue weighted by molar-refractivity contribution is -0.0868. The summed E-state index contributed by atoms with van der Waals surface area (Å²) in [7, 11) is 0. The standard InChI is InChI=1S/C15H15F2N3O3/c16-12-3-9(4-13(17)11(12)5-18)14-7-19-1-2-20(15(21)22)6-10(19)8-23-14/h3-4,10,14H,1-2,6-8H2,(H,21,22)/t10-,14-/m0/s1. The molecule has 0 aromatic heterocycles. The number of rotatable bonds is 1. The molecular formula is C15H15F2N3O3. The zero-order valence-corrected chi connectivity index (χ0v) is 12.2.